The average molecular weight is 313 g/mol. The Balaban J connectivity index is 2.81. The van der Waals surface area contributed by atoms with Crippen LogP contribution < -0.4 is 5.32 Å². The Morgan fingerprint density at radius 2 is 1.86 bits per heavy atom. The molecule has 0 saturated heterocycles. The van der Waals surface area contributed by atoms with Crippen molar-refractivity contribution in [3.05, 3.63) is 38.9 Å². The maximum Gasteiger partial charge on any atom is 0.288 e. The largest absolute Gasteiger partial charge is 0.352 e. The average Bonchev–Trinajstić information content (AvgIpc) is 2.37. The van der Waals surface area contributed by atoms with Crippen LogP contribution in [0.1, 0.15) is 38.1 Å². The Kier molecular flexibility index (Phi) is 6.15. The first-order valence-corrected chi connectivity index (χ1v) is 7.34. The molecule has 1 rings (SSSR count). The molecule has 0 aliphatic carbocycles. The summed E-state index contributed by atoms with van der Waals surface area (Å²) in [6.45, 7) is 9.01. The van der Waals surface area contributed by atoms with Gasteiger partial charge in [0.15, 0.2) is 0 Å². The second kappa shape index (κ2) is 7.41. The molecule has 0 bridgehead atoms. The predicted molar refractivity (Wildman–Crippen MR) is 83.6 cm³/mol. The molecule has 5 nitrogen and oxygen atoms in total. The zero-order valence-electron chi connectivity index (χ0n) is 12.7. The highest BCUT2D eigenvalue weighted by Crippen LogP contribution is 2.25. The van der Waals surface area contributed by atoms with E-state index in [1.54, 1.807) is 0 Å². The van der Waals surface area contributed by atoms with Crippen LogP contribution in [0.5, 0.6) is 0 Å². The second-order valence-electron chi connectivity index (χ2n) is 5.79. The molecule has 0 unspecified atom stereocenters. The summed E-state index contributed by atoms with van der Waals surface area (Å²) in [4.78, 5) is 22.3. The number of rotatable bonds is 6. The SMILES string of the molecule is CC(C)C(CNC(=O)c1ccc(Cl)c([N+](=O)[O-])c1)C(C)C. The van der Waals surface area contributed by atoms with Crippen LogP contribution in [0.2, 0.25) is 5.02 Å². The van der Waals surface area contributed by atoms with Crippen molar-refractivity contribution >= 4 is 23.2 Å². The molecule has 0 radical (unpaired) electrons. The smallest absolute Gasteiger partial charge is 0.288 e. The maximum absolute atomic E-state index is 12.1. The lowest BCUT2D eigenvalue weighted by Gasteiger charge is -2.25. The van der Waals surface area contributed by atoms with Gasteiger partial charge in [-0.1, -0.05) is 39.3 Å². The van der Waals surface area contributed by atoms with Crippen LogP contribution in [-0.2, 0) is 0 Å². The highest BCUT2D eigenvalue weighted by Gasteiger charge is 2.20. The minimum atomic E-state index is -0.593. The number of carbonyl (C=O) groups excluding carboxylic acids is 1. The molecule has 0 spiro atoms. The maximum atomic E-state index is 12.1. The molecular weight excluding hydrogens is 292 g/mol. The van der Waals surface area contributed by atoms with Gasteiger partial charge in [0.25, 0.3) is 11.6 Å². The zero-order chi connectivity index (χ0) is 16.2. The van der Waals surface area contributed by atoms with Crippen molar-refractivity contribution in [2.45, 2.75) is 27.7 Å². The van der Waals surface area contributed by atoms with E-state index in [0.29, 0.717) is 24.3 Å². The summed E-state index contributed by atoms with van der Waals surface area (Å²) >= 11 is 5.73. The monoisotopic (exact) mass is 312 g/mol. The number of hydrogen-bond acceptors (Lipinski definition) is 3. The number of nitrogens with zero attached hydrogens (tertiary/aromatic N) is 1. The molecule has 1 aromatic carbocycles. The highest BCUT2D eigenvalue weighted by atomic mass is 35.5. The molecule has 1 amide bonds. The molecule has 116 valence electrons. The van der Waals surface area contributed by atoms with E-state index in [-0.39, 0.29) is 22.2 Å². The first-order valence-electron chi connectivity index (χ1n) is 6.96. The van der Waals surface area contributed by atoms with Crippen LogP contribution in [0.3, 0.4) is 0 Å². The minimum absolute atomic E-state index is 0.0267. The van der Waals surface area contributed by atoms with E-state index in [2.05, 4.69) is 33.0 Å². The standard InChI is InChI=1S/C15H21ClN2O3/c1-9(2)12(10(3)4)8-17-15(19)11-5-6-13(16)14(7-11)18(20)21/h5-7,9-10,12H,8H2,1-4H3,(H,17,19). The molecule has 21 heavy (non-hydrogen) atoms. The number of benzene rings is 1. The fourth-order valence-electron chi connectivity index (χ4n) is 2.35. The summed E-state index contributed by atoms with van der Waals surface area (Å²) in [6.07, 6.45) is 0. The lowest BCUT2D eigenvalue weighted by Crippen LogP contribution is -2.33. The van der Waals surface area contributed by atoms with E-state index in [0.717, 1.165) is 0 Å². The summed E-state index contributed by atoms with van der Waals surface area (Å²) in [6, 6.07) is 4.07. The Bertz CT molecular complexity index is 522. The van der Waals surface area contributed by atoms with Gasteiger partial charge < -0.3 is 5.32 Å². The lowest BCUT2D eigenvalue weighted by molar-refractivity contribution is -0.384. The van der Waals surface area contributed by atoms with Gasteiger partial charge in [0.05, 0.1) is 4.92 Å². The Hall–Kier alpha value is -1.62. The van der Waals surface area contributed by atoms with E-state index < -0.39 is 4.92 Å². The third-order valence-corrected chi connectivity index (χ3v) is 3.94. The molecule has 1 aromatic rings. The summed E-state index contributed by atoms with van der Waals surface area (Å²) in [7, 11) is 0. The van der Waals surface area contributed by atoms with Crippen molar-refractivity contribution < 1.29 is 9.72 Å². The fraction of sp³-hybridized carbons (Fsp3) is 0.533. The van der Waals surface area contributed by atoms with Gasteiger partial charge in [0.2, 0.25) is 0 Å². The molecule has 0 aromatic heterocycles. The van der Waals surface area contributed by atoms with E-state index in [4.69, 9.17) is 11.6 Å². The van der Waals surface area contributed by atoms with Gasteiger partial charge in [0.1, 0.15) is 5.02 Å². The fourth-order valence-corrected chi connectivity index (χ4v) is 2.53. The van der Waals surface area contributed by atoms with Crippen molar-refractivity contribution in [2.24, 2.45) is 17.8 Å². The Morgan fingerprint density at radius 1 is 1.29 bits per heavy atom. The first kappa shape index (κ1) is 17.4. The molecule has 0 aliphatic heterocycles. The van der Waals surface area contributed by atoms with Crippen molar-refractivity contribution in [3.63, 3.8) is 0 Å². The predicted octanol–water partition coefficient (Wildman–Crippen LogP) is 3.91. The number of amides is 1. The van der Waals surface area contributed by atoms with E-state index >= 15 is 0 Å². The van der Waals surface area contributed by atoms with Crippen LogP contribution in [-0.4, -0.2) is 17.4 Å². The summed E-state index contributed by atoms with van der Waals surface area (Å²) < 4.78 is 0. The molecule has 0 heterocycles. The molecule has 1 N–H and O–H groups in total. The van der Waals surface area contributed by atoms with Crippen molar-refractivity contribution in [2.75, 3.05) is 6.54 Å². The molecular formula is C15H21ClN2O3. The quantitative estimate of drug-likeness (QED) is 0.639. The summed E-state index contributed by atoms with van der Waals surface area (Å²) in [5.74, 6) is 0.937. The molecule has 0 atom stereocenters. The number of nitro groups is 1. The van der Waals surface area contributed by atoms with Gasteiger partial charge in [-0.2, -0.15) is 0 Å². The van der Waals surface area contributed by atoms with Crippen molar-refractivity contribution in [1.29, 1.82) is 0 Å². The zero-order valence-corrected chi connectivity index (χ0v) is 13.5. The number of halogens is 1. The third-order valence-electron chi connectivity index (χ3n) is 3.62. The summed E-state index contributed by atoms with van der Waals surface area (Å²) in [5, 5.41) is 13.7. The van der Waals surface area contributed by atoms with Gasteiger partial charge in [-0.15, -0.1) is 0 Å². The minimum Gasteiger partial charge on any atom is -0.352 e. The van der Waals surface area contributed by atoms with Crippen molar-refractivity contribution in [1.82, 2.24) is 5.32 Å². The van der Waals surface area contributed by atoms with Crippen LogP contribution >= 0.6 is 11.6 Å². The lowest BCUT2D eigenvalue weighted by atomic mass is 9.85. The van der Waals surface area contributed by atoms with E-state index in [9.17, 15) is 14.9 Å². The molecule has 0 aliphatic rings. The van der Waals surface area contributed by atoms with Gasteiger partial charge in [-0.3, -0.25) is 14.9 Å². The highest BCUT2D eigenvalue weighted by molar-refractivity contribution is 6.32. The van der Waals surface area contributed by atoms with Gasteiger partial charge >= 0.3 is 0 Å². The molecule has 0 saturated carbocycles. The Morgan fingerprint density at radius 3 is 2.33 bits per heavy atom. The third kappa shape index (κ3) is 4.70. The number of hydrogen-bond donors (Lipinski definition) is 1. The van der Waals surface area contributed by atoms with Crippen LogP contribution in [0.25, 0.3) is 0 Å². The molecule has 6 heteroatoms. The van der Waals surface area contributed by atoms with Gasteiger partial charge in [0, 0.05) is 18.2 Å². The number of nitro benzene ring substituents is 1. The van der Waals surface area contributed by atoms with Crippen LogP contribution in [0.15, 0.2) is 18.2 Å². The summed E-state index contributed by atoms with van der Waals surface area (Å²) in [5.41, 5.74) is -0.00838. The topological polar surface area (TPSA) is 72.2 Å². The second-order valence-corrected chi connectivity index (χ2v) is 6.19. The number of carbonyl (C=O) groups is 1. The van der Waals surface area contributed by atoms with Crippen LogP contribution in [0.4, 0.5) is 5.69 Å². The molecule has 0 fully saturated rings. The van der Waals surface area contributed by atoms with Crippen LogP contribution in [0, 0.1) is 27.9 Å². The normalized spacial score (nSPS) is 11.2. The van der Waals surface area contributed by atoms with E-state index in [1.807, 2.05) is 0 Å². The Labute approximate surface area is 129 Å². The van der Waals surface area contributed by atoms with Crippen molar-refractivity contribution in [3.8, 4) is 0 Å². The van der Waals surface area contributed by atoms with Gasteiger partial charge in [-0.05, 0) is 29.9 Å². The van der Waals surface area contributed by atoms with Gasteiger partial charge in [-0.25, -0.2) is 0 Å². The first-order chi connectivity index (χ1) is 9.73. The number of nitrogens with one attached hydrogen (secondary N) is 1. The van der Waals surface area contributed by atoms with E-state index in [1.165, 1.54) is 18.2 Å².